The summed E-state index contributed by atoms with van der Waals surface area (Å²) in [7, 11) is 0. The van der Waals surface area contributed by atoms with E-state index in [0.717, 1.165) is 28.2 Å². The van der Waals surface area contributed by atoms with Gasteiger partial charge in [0.25, 0.3) is 11.9 Å². The second-order valence-electron chi connectivity index (χ2n) is 5.62. The highest BCUT2D eigenvalue weighted by Gasteiger charge is 2.08. The van der Waals surface area contributed by atoms with Crippen molar-refractivity contribution >= 4 is 33.7 Å². The molecule has 0 aliphatic carbocycles. The van der Waals surface area contributed by atoms with E-state index in [9.17, 15) is 0 Å². The van der Waals surface area contributed by atoms with E-state index < -0.39 is 0 Å². The molecule has 7 nitrogen and oxygen atoms in total. The molecule has 0 saturated heterocycles. The molecule has 128 valence electrons. The van der Waals surface area contributed by atoms with Crippen LogP contribution in [0.3, 0.4) is 0 Å². The quantitative estimate of drug-likeness (QED) is 0.486. The Morgan fingerprint density at radius 3 is 2.46 bits per heavy atom. The summed E-state index contributed by atoms with van der Waals surface area (Å²) in [6.07, 6.45) is 2.60. The lowest BCUT2D eigenvalue weighted by molar-refractivity contribution is 0.309. The van der Waals surface area contributed by atoms with Gasteiger partial charge in [-0.05, 0) is 24.6 Å². The van der Waals surface area contributed by atoms with Crippen molar-refractivity contribution in [3.63, 3.8) is 0 Å². The lowest BCUT2D eigenvalue weighted by Gasteiger charge is -2.07. The van der Waals surface area contributed by atoms with Gasteiger partial charge in [-0.3, -0.25) is 0 Å². The number of hydrogen-bond acceptors (Lipinski definition) is 7. The molecule has 0 saturated carbocycles. The molecular weight excluding hydrogens is 328 g/mol. The molecule has 0 spiro atoms. The lowest BCUT2D eigenvalue weighted by atomic mass is 10.2. The summed E-state index contributed by atoms with van der Waals surface area (Å²) in [6.45, 7) is 2.62. The average molecular weight is 344 g/mol. The highest BCUT2D eigenvalue weighted by molar-refractivity contribution is 5.84. The number of para-hydroxylation sites is 2. The maximum Gasteiger partial charge on any atom is 0.272 e. The SMILES string of the molecule is CCCOc1nc(N=Nc2ncc3ccccc3n2)nc2ccccc12. The third kappa shape index (κ3) is 3.32. The van der Waals surface area contributed by atoms with Crippen LogP contribution in [0.25, 0.3) is 21.8 Å². The van der Waals surface area contributed by atoms with E-state index in [2.05, 4.69) is 30.2 Å². The Kier molecular flexibility index (Phi) is 4.42. The fourth-order valence-corrected chi connectivity index (χ4v) is 2.49. The molecule has 2 heterocycles. The van der Waals surface area contributed by atoms with Gasteiger partial charge in [-0.15, -0.1) is 10.2 Å². The fourth-order valence-electron chi connectivity index (χ4n) is 2.49. The van der Waals surface area contributed by atoms with Crippen molar-refractivity contribution in [2.24, 2.45) is 10.2 Å². The molecule has 26 heavy (non-hydrogen) atoms. The number of rotatable bonds is 5. The maximum atomic E-state index is 5.73. The summed E-state index contributed by atoms with van der Waals surface area (Å²) in [4.78, 5) is 17.3. The zero-order valence-electron chi connectivity index (χ0n) is 14.2. The number of hydrogen-bond donors (Lipinski definition) is 0. The van der Waals surface area contributed by atoms with Gasteiger partial charge in [0.15, 0.2) is 0 Å². The van der Waals surface area contributed by atoms with Crippen molar-refractivity contribution in [3.05, 3.63) is 54.7 Å². The fraction of sp³-hybridized carbons (Fsp3) is 0.158. The van der Waals surface area contributed by atoms with Crippen LogP contribution in [0.4, 0.5) is 11.9 Å². The number of aromatic nitrogens is 4. The molecule has 2 aromatic heterocycles. The number of azo groups is 1. The van der Waals surface area contributed by atoms with E-state index in [0.29, 0.717) is 12.5 Å². The Balaban J connectivity index is 1.69. The molecule has 0 N–H and O–H groups in total. The largest absolute Gasteiger partial charge is 0.477 e. The third-order valence-corrected chi connectivity index (χ3v) is 3.70. The van der Waals surface area contributed by atoms with Gasteiger partial charge in [0, 0.05) is 11.6 Å². The normalized spacial score (nSPS) is 11.4. The standard InChI is InChI=1S/C19H16N6O/c1-2-11-26-17-14-8-4-6-10-16(14)22-19(23-17)25-24-18-20-12-13-7-3-5-9-15(13)21-18/h3-10,12H,2,11H2,1H3. The van der Waals surface area contributed by atoms with E-state index >= 15 is 0 Å². The van der Waals surface area contributed by atoms with E-state index in [1.807, 2.05) is 55.5 Å². The Labute approximate surface area is 149 Å². The van der Waals surface area contributed by atoms with Crippen molar-refractivity contribution in [2.45, 2.75) is 13.3 Å². The second kappa shape index (κ2) is 7.18. The van der Waals surface area contributed by atoms with Crippen molar-refractivity contribution in [1.29, 1.82) is 0 Å². The molecule has 4 aromatic rings. The van der Waals surface area contributed by atoms with Crippen LogP contribution < -0.4 is 4.74 Å². The first-order valence-corrected chi connectivity index (χ1v) is 8.36. The van der Waals surface area contributed by atoms with Gasteiger partial charge in [0.05, 0.1) is 23.0 Å². The summed E-state index contributed by atoms with van der Waals surface area (Å²) in [5.74, 6) is 0.980. The molecule has 0 bridgehead atoms. The smallest absolute Gasteiger partial charge is 0.272 e. The molecule has 0 fully saturated rings. The molecule has 0 aliphatic rings. The van der Waals surface area contributed by atoms with Gasteiger partial charge < -0.3 is 4.74 Å². The van der Waals surface area contributed by atoms with Crippen molar-refractivity contribution < 1.29 is 4.74 Å². The van der Waals surface area contributed by atoms with Gasteiger partial charge >= 0.3 is 0 Å². The first-order valence-electron chi connectivity index (χ1n) is 8.36. The molecule has 0 atom stereocenters. The monoisotopic (exact) mass is 344 g/mol. The summed E-state index contributed by atoms with van der Waals surface area (Å²) in [5.41, 5.74) is 1.56. The minimum Gasteiger partial charge on any atom is -0.477 e. The molecule has 4 rings (SSSR count). The van der Waals surface area contributed by atoms with E-state index in [-0.39, 0.29) is 11.9 Å². The van der Waals surface area contributed by atoms with Crippen molar-refractivity contribution in [2.75, 3.05) is 6.61 Å². The zero-order chi connectivity index (χ0) is 17.8. The minimum absolute atomic E-state index is 0.214. The Bertz CT molecular complexity index is 1100. The number of ether oxygens (including phenoxy) is 1. The van der Waals surface area contributed by atoms with Crippen LogP contribution >= 0.6 is 0 Å². The van der Waals surface area contributed by atoms with Crippen molar-refractivity contribution in [1.82, 2.24) is 19.9 Å². The Hall–Kier alpha value is -3.48. The molecule has 0 aliphatic heterocycles. The Morgan fingerprint density at radius 2 is 1.58 bits per heavy atom. The van der Waals surface area contributed by atoms with Crippen LogP contribution in [0, 0.1) is 0 Å². The van der Waals surface area contributed by atoms with Gasteiger partial charge in [-0.25, -0.2) is 15.0 Å². The molecule has 7 heteroatoms. The molecule has 0 unspecified atom stereocenters. The highest BCUT2D eigenvalue weighted by Crippen LogP contribution is 2.25. The summed E-state index contributed by atoms with van der Waals surface area (Å²) >= 11 is 0. The number of nitrogens with zero attached hydrogens (tertiary/aromatic N) is 6. The summed E-state index contributed by atoms with van der Waals surface area (Å²) in [6, 6.07) is 15.4. The van der Waals surface area contributed by atoms with Gasteiger partial charge in [0.1, 0.15) is 0 Å². The topological polar surface area (TPSA) is 85.5 Å². The lowest BCUT2D eigenvalue weighted by Crippen LogP contribution is -1.99. The first kappa shape index (κ1) is 16.0. The van der Waals surface area contributed by atoms with Crippen LogP contribution in [0.15, 0.2) is 65.0 Å². The minimum atomic E-state index is 0.214. The zero-order valence-corrected chi connectivity index (χ0v) is 14.2. The van der Waals surface area contributed by atoms with Crippen LogP contribution in [-0.2, 0) is 0 Å². The van der Waals surface area contributed by atoms with Crippen LogP contribution in [0.2, 0.25) is 0 Å². The molecule has 0 radical (unpaired) electrons. The predicted molar refractivity (Wildman–Crippen MR) is 99.0 cm³/mol. The molecule has 0 amide bonds. The number of fused-ring (bicyclic) bond motifs is 2. The van der Waals surface area contributed by atoms with E-state index in [4.69, 9.17) is 4.74 Å². The first-order chi connectivity index (χ1) is 12.8. The van der Waals surface area contributed by atoms with Crippen LogP contribution in [-0.4, -0.2) is 26.5 Å². The summed E-state index contributed by atoms with van der Waals surface area (Å²) < 4.78 is 5.73. The van der Waals surface area contributed by atoms with Gasteiger partial charge in [-0.2, -0.15) is 4.98 Å². The van der Waals surface area contributed by atoms with Crippen LogP contribution in [0.5, 0.6) is 5.88 Å². The van der Waals surface area contributed by atoms with Crippen LogP contribution in [0.1, 0.15) is 13.3 Å². The molecule has 2 aromatic carbocycles. The Morgan fingerprint density at radius 1 is 0.846 bits per heavy atom. The van der Waals surface area contributed by atoms with E-state index in [1.54, 1.807) is 6.20 Å². The third-order valence-electron chi connectivity index (χ3n) is 3.70. The maximum absolute atomic E-state index is 5.73. The predicted octanol–water partition coefficient (Wildman–Crippen LogP) is 4.78. The molecular formula is C19H16N6O. The second-order valence-corrected chi connectivity index (χ2v) is 5.62. The van der Waals surface area contributed by atoms with Crippen molar-refractivity contribution in [3.8, 4) is 5.88 Å². The number of benzene rings is 2. The summed E-state index contributed by atoms with van der Waals surface area (Å²) in [5, 5.41) is 9.97. The van der Waals surface area contributed by atoms with E-state index in [1.165, 1.54) is 0 Å². The average Bonchev–Trinajstić information content (AvgIpc) is 2.70. The van der Waals surface area contributed by atoms with Gasteiger partial charge in [0.2, 0.25) is 5.88 Å². The van der Waals surface area contributed by atoms with Gasteiger partial charge in [-0.1, -0.05) is 37.3 Å². The highest BCUT2D eigenvalue weighted by atomic mass is 16.5.